The molecule has 1 heterocycles. The van der Waals surface area contributed by atoms with E-state index < -0.39 is 10.0 Å². The van der Waals surface area contributed by atoms with Gasteiger partial charge < -0.3 is 10.2 Å². The van der Waals surface area contributed by atoms with Gasteiger partial charge in [-0.1, -0.05) is 12.1 Å². The highest BCUT2D eigenvalue weighted by molar-refractivity contribution is 7.92. The largest absolute Gasteiger partial charge is 0.507 e. The van der Waals surface area contributed by atoms with Crippen LogP contribution in [0.5, 0.6) is 11.5 Å². The average Bonchev–Trinajstić information content (AvgIpc) is 2.67. The summed E-state index contributed by atoms with van der Waals surface area (Å²) in [6, 6.07) is 14.3. The van der Waals surface area contributed by atoms with Crippen LogP contribution in [0.25, 0.3) is 21.7 Å². The van der Waals surface area contributed by atoms with Gasteiger partial charge in [-0.15, -0.1) is 0 Å². The number of benzene rings is 3. The lowest BCUT2D eigenvalue weighted by Crippen LogP contribution is -2.13. The van der Waals surface area contributed by atoms with Gasteiger partial charge in [0.2, 0.25) is 0 Å². The van der Waals surface area contributed by atoms with Crippen LogP contribution < -0.4 is 4.72 Å². The number of aromatic hydroxyl groups is 2. The third-order valence-corrected chi connectivity index (χ3v) is 5.83. The van der Waals surface area contributed by atoms with Crippen molar-refractivity contribution >= 4 is 37.4 Å². The summed E-state index contributed by atoms with van der Waals surface area (Å²) in [4.78, 5) is 4.24. The third kappa shape index (κ3) is 2.92. The lowest BCUT2D eigenvalue weighted by molar-refractivity contribution is 0.477. The summed E-state index contributed by atoms with van der Waals surface area (Å²) < 4.78 is 28.3. The summed E-state index contributed by atoms with van der Waals surface area (Å²) in [6.07, 6.45) is 1.53. The van der Waals surface area contributed by atoms with E-state index in [0.29, 0.717) is 21.7 Å². The number of anilines is 1. The predicted molar refractivity (Wildman–Crippen MR) is 105 cm³/mol. The van der Waals surface area contributed by atoms with Crippen LogP contribution in [0.4, 0.5) is 5.69 Å². The van der Waals surface area contributed by atoms with Crippen molar-refractivity contribution in [1.29, 1.82) is 0 Å². The van der Waals surface area contributed by atoms with Crippen molar-refractivity contribution < 1.29 is 18.6 Å². The molecule has 3 N–H and O–H groups in total. The summed E-state index contributed by atoms with van der Waals surface area (Å²) in [5, 5.41) is 21.7. The van der Waals surface area contributed by atoms with Gasteiger partial charge in [0.15, 0.2) is 0 Å². The van der Waals surface area contributed by atoms with Gasteiger partial charge in [0.05, 0.1) is 16.1 Å². The first-order chi connectivity index (χ1) is 12.9. The molecule has 27 heavy (non-hydrogen) atoms. The van der Waals surface area contributed by atoms with Gasteiger partial charge in [0.1, 0.15) is 11.5 Å². The molecule has 0 spiro atoms. The first kappa shape index (κ1) is 17.1. The number of rotatable bonds is 3. The normalized spacial score (nSPS) is 11.7. The van der Waals surface area contributed by atoms with Crippen LogP contribution in [0, 0.1) is 6.92 Å². The molecule has 0 aliphatic heterocycles. The fourth-order valence-corrected chi connectivity index (χ4v) is 4.11. The molecule has 6 nitrogen and oxygen atoms in total. The molecule has 0 saturated carbocycles. The predicted octanol–water partition coefficient (Wildman–Crippen LogP) is 3.91. The number of nitrogens with one attached hydrogen (secondary N) is 1. The molecule has 136 valence electrons. The van der Waals surface area contributed by atoms with Crippen LogP contribution in [-0.2, 0) is 10.0 Å². The molecular formula is C20H16N2O4S. The summed E-state index contributed by atoms with van der Waals surface area (Å²) >= 11 is 0. The molecule has 3 aromatic carbocycles. The molecule has 0 bridgehead atoms. The molecule has 1 aromatic heterocycles. The quantitative estimate of drug-likeness (QED) is 0.468. The summed E-state index contributed by atoms with van der Waals surface area (Å²) in [7, 11) is -3.89. The SMILES string of the molecule is Cc1ccc2cc(S(=O)(=O)Nc3ccc(O)c4cccnc34)ccc2c1O. The lowest BCUT2D eigenvalue weighted by atomic mass is 10.1. The molecule has 0 saturated heterocycles. The number of sulfonamides is 1. The van der Waals surface area contributed by atoms with Crippen molar-refractivity contribution in [3.8, 4) is 11.5 Å². The number of hydrogen-bond acceptors (Lipinski definition) is 5. The molecule has 0 fully saturated rings. The van der Waals surface area contributed by atoms with Crippen molar-refractivity contribution in [2.24, 2.45) is 0 Å². The Hall–Kier alpha value is -3.32. The van der Waals surface area contributed by atoms with Crippen molar-refractivity contribution in [3.05, 3.63) is 66.4 Å². The molecule has 7 heteroatoms. The topological polar surface area (TPSA) is 99.5 Å². The van der Waals surface area contributed by atoms with Crippen LogP contribution in [0.3, 0.4) is 0 Å². The number of hydrogen-bond donors (Lipinski definition) is 3. The maximum atomic E-state index is 12.9. The monoisotopic (exact) mass is 380 g/mol. The van der Waals surface area contributed by atoms with Gasteiger partial charge in [-0.05, 0) is 60.3 Å². The van der Waals surface area contributed by atoms with E-state index in [0.717, 1.165) is 5.56 Å². The average molecular weight is 380 g/mol. The number of aromatic nitrogens is 1. The van der Waals surface area contributed by atoms with Crippen LogP contribution in [0.15, 0.2) is 65.7 Å². The van der Waals surface area contributed by atoms with E-state index >= 15 is 0 Å². The van der Waals surface area contributed by atoms with Crippen molar-refractivity contribution in [1.82, 2.24) is 4.98 Å². The number of pyridine rings is 1. The number of fused-ring (bicyclic) bond motifs is 2. The standard InChI is InChI=1S/C20H16N2O4S/c1-12-4-5-13-11-14(6-7-15(13)20(12)24)27(25,26)22-17-8-9-18(23)16-3-2-10-21-19(16)17/h2-11,22-24H,1H3. The zero-order valence-corrected chi connectivity index (χ0v) is 15.2. The molecular weight excluding hydrogens is 364 g/mol. The Bertz CT molecular complexity index is 1300. The lowest BCUT2D eigenvalue weighted by Gasteiger charge is -2.12. The van der Waals surface area contributed by atoms with E-state index in [1.54, 1.807) is 37.3 Å². The molecule has 0 atom stereocenters. The second-order valence-corrected chi connectivity index (χ2v) is 7.93. The van der Waals surface area contributed by atoms with E-state index in [4.69, 9.17) is 0 Å². The minimum atomic E-state index is -3.89. The molecule has 0 unspecified atom stereocenters. The van der Waals surface area contributed by atoms with Gasteiger partial charge in [-0.2, -0.15) is 0 Å². The van der Waals surface area contributed by atoms with Gasteiger partial charge in [0.25, 0.3) is 10.0 Å². The van der Waals surface area contributed by atoms with Crippen molar-refractivity contribution in [3.63, 3.8) is 0 Å². The Labute approximate surface area is 155 Å². The smallest absolute Gasteiger partial charge is 0.261 e. The Kier molecular flexibility index (Phi) is 3.89. The Morgan fingerprint density at radius 3 is 2.59 bits per heavy atom. The van der Waals surface area contributed by atoms with E-state index in [1.165, 1.54) is 30.5 Å². The first-order valence-electron chi connectivity index (χ1n) is 8.19. The minimum Gasteiger partial charge on any atom is -0.507 e. The molecule has 0 aliphatic rings. The van der Waals surface area contributed by atoms with Gasteiger partial charge in [0, 0.05) is 17.0 Å². The van der Waals surface area contributed by atoms with Crippen molar-refractivity contribution in [2.45, 2.75) is 11.8 Å². The van der Waals surface area contributed by atoms with Crippen LogP contribution >= 0.6 is 0 Å². The Balaban J connectivity index is 1.80. The fourth-order valence-electron chi connectivity index (χ4n) is 3.01. The molecule has 0 amide bonds. The number of phenolic OH excluding ortho intramolecular Hbond substituents is 2. The maximum Gasteiger partial charge on any atom is 0.261 e. The number of aryl methyl sites for hydroxylation is 1. The third-order valence-electron chi connectivity index (χ3n) is 4.47. The Morgan fingerprint density at radius 1 is 0.963 bits per heavy atom. The van der Waals surface area contributed by atoms with Gasteiger partial charge >= 0.3 is 0 Å². The fraction of sp³-hybridized carbons (Fsp3) is 0.0500. The van der Waals surface area contributed by atoms with E-state index in [9.17, 15) is 18.6 Å². The highest BCUT2D eigenvalue weighted by atomic mass is 32.2. The highest BCUT2D eigenvalue weighted by Crippen LogP contribution is 2.32. The summed E-state index contributed by atoms with van der Waals surface area (Å²) in [5.41, 5.74) is 1.35. The van der Waals surface area contributed by atoms with E-state index in [2.05, 4.69) is 9.71 Å². The number of phenols is 2. The van der Waals surface area contributed by atoms with Crippen LogP contribution in [-0.4, -0.2) is 23.6 Å². The zero-order chi connectivity index (χ0) is 19.2. The minimum absolute atomic E-state index is 0.0256. The molecule has 4 aromatic rings. The Morgan fingerprint density at radius 2 is 1.78 bits per heavy atom. The number of nitrogens with zero attached hydrogens (tertiary/aromatic N) is 1. The second-order valence-electron chi connectivity index (χ2n) is 6.25. The van der Waals surface area contributed by atoms with E-state index in [1.807, 2.05) is 0 Å². The first-order valence-corrected chi connectivity index (χ1v) is 9.67. The maximum absolute atomic E-state index is 12.9. The zero-order valence-electron chi connectivity index (χ0n) is 14.3. The van der Waals surface area contributed by atoms with Crippen LogP contribution in [0.1, 0.15) is 5.56 Å². The van der Waals surface area contributed by atoms with Crippen molar-refractivity contribution in [2.75, 3.05) is 4.72 Å². The van der Waals surface area contributed by atoms with Gasteiger partial charge in [-0.25, -0.2) is 8.42 Å². The molecule has 0 aliphatic carbocycles. The molecule has 0 radical (unpaired) electrons. The van der Waals surface area contributed by atoms with E-state index in [-0.39, 0.29) is 22.1 Å². The summed E-state index contributed by atoms with van der Waals surface area (Å²) in [5.74, 6) is 0.163. The van der Waals surface area contributed by atoms with Crippen LogP contribution in [0.2, 0.25) is 0 Å². The second kappa shape index (κ2) is 6.14. The summed E-state index contributed by atoms with van der Waals surface area (Å²) in [6.45, 7) is 1.78. The van der Waals surface area contributed by atoms with Gasteiger partial charge in [-0.3, -0.25) is 9.71 Å². The highest BCUT2D eigenvalue weighted by Gasteiger charge is 2.18. The molecule has 4 rings (SSSR count).